The van der Waals surface area contributed by atoms with E-state index in [9.17, 15) is 4.79 Å². The largest absolute Gasteiger partial charge is 0.467 e. The van der Waals surface area contributed by atoms with Gasteiger partial charge in [-0.2, -0.15) is 0 Å². The van der Waals surface area contributed by atoms with Gasteiger partial charge in [0.15, 0.2) is 0 Å². The molecule has 0 bridgehead atoms. The van der Waals surface area contributed by atoms with Crippen molar-refractivity contribution in [2.45, 2.75) is 51.3 Å². The van der Waals surface area contributed by atoms with Crippen LogP contribution in [0.25, 0.3) is 0 Å². The first kappa shape index (κ1) is 14.6. The second-order valence-electron chi connectivity index (χ2n) is 6.84. The van der Waals surface area contributed by atoms with E-state index in [0.717, 1.165) is 25.2 Å². The lowest BCUT2D eigenvalue weighted by Gasteiger charge is -2.65. The predicted octanol–water partition coefficient (Wildman–Crippen LogP) is 1.99. The van der Waals surface area contributed by atoms with Crippen LogP contribution in [0.4, 0.5) is 0 Å². The second kappa shape index (κ2) is 4.85. The van der Waals surface area contributed by atoms with Crippen LogP contribution >= 0.6 is 0 Å². The standard InChI is InChI=1S/C16H24N2O3/c1-10(12-7-5-8-20-12)18-14(19)16(17)11-6-4-9-21-13(11)15(16,2)3/h5,7-8,10-11,13H,4,6,9,17H2,1-3H3,(H,18,19)/t10-,11?,13?,16?/m0/s1. The molecule has 3 rings (SSSR count). The first-order chi connectivity index (χ1) is 9.89. The maximum atomic E-state index is 12.8. The first-order valence-electron chi connectivity index (χ1n) is 7.64. The van der Waals surface area contributed by atoms with Crippen LogP contribution in [-0.4, -0.2) is 24.2 Å². The summed E-state index contributed by atoms with van der Waals surface area (Å²) in [7, 11) is 0. The zero-order valence-corrected chi connectivity index (χ0v) is 12.9. The second-order valence-corrected chi connectivity index (χ2v) is 6.84. The number of amides is 1. The van der Waals surface area contributed by atoms with E-state index in [4.69, 9.17) is 14.9 Å². The molecule has 1 aromatic heterocycles. The zero-order valence-electron chi connectivity index (χ0n) is 12.9. The van der Waals surface area contributed by atoms with Crippen molar-refractivity contribution >= 4 is 5.91 Å². The number of nitrogens with one attached hydrogen (secondary N) is 1. The van der Waals surface area contributed by atoms with Crippen molar-refractivity contribution in [3.8, 4) is 0 Å². The molecule has 3 N–H and O–H groups in total. The van der Waals surface area contributed by atoms with Crippen LogP contribution in [0.2, 0.25) is 0 Å². The van der Waals surface area contributed by atoms with Gasteiger partial charge in [0.1, 0.15) is 11.3 Å². The molecule has 3 unspecified atom stereocenters. The van der Waals surface area contributed by atoms with Crippen LogP contribution in [0, 0.1) is 11.3 Å². The van der Waals surface area contributed by atoms with E-state index in [-0.39, 0.29) is 29.4 Å². The van der Waals surface area contributed by atoms with E-state index in [1.165, 1.54) is 0 Å². The number of carbonyl (C=O) groups excluding carboxylic acids is 1. The maximum Gasteiger partial charge on any atom is 0.241 e. The summed E-state index contributed by atoms with van der Waals surface area (Å²) in [6, 6.07) is 3.48. The quantitative estimate of drug-likeness (QED) is 0.893. The van der Waals surface area contributed by atoms with E-state index >= 15 is 0 Å². The topological polar surface area (TPSA) is 77.5 Å². The highest BCUT2D eigenvalue weighted by atomic mass is 16.5. The van der Waals surface area contributed by atoms with Gasteiger partial charge in [0.25, 0.3) is 0 Å². The van der Waals surface area contributed by atoms with E-state index in [0.29, 0.717) is 0 Å². The number of ether oxygens (including phenoxy) is 1. The van der Waals surface area contributed by atoms with Crippen LogP contribution in [0.3, 0.4) is 0 Å². The molecular weight excluding hydrogens is 268 g/mol. The Kier molecular flexibility index (Phi) is 3.37. The summed E-state index contributed by atoms with van der Waals surface area (Å²) in [5.74, 6) is 0.730. The molecule has 2 heterocycles. The van der Waals surface area contributed by atoms with E-state index in [1.54, 1.807) is 6.26 Å². The third kappa shape index (κ3) is 1.94. The van der Waals surface area contributed by atoms with Gasteiger partial charge in [-0.1, -0.05) is 13.8 Å². The van der Waals surface area contributed by atoms with Gasteiger partial charge in [-0.15, -0.1) is 0 Å². The monoisotopic (exact) mass is 292 g/mol. The lowest BCUT2D eigenvalue weighted by molar-refractivity contribution is -0.225. The number of hydrogen-bond donors (Lipinski definition) is 2. The number of carbonyl (C=O) groups is 1. The van der Waals surface area contributed by atoms with Crippen molar-refractivity contribution < 1.29 is 13.9 Å². The molecule has 1 aromatic rings. The molecule has 21 heavy (non-hydrogen) atoms. The molecule has 116 valence electrons. The highest BCUT2D eigenvalue weighted by Crippen LogP contribution is 2.57. The maximum absolute atomic E-state index is 12.8. The smallest absolute Gasteiger partial charge is 0.241 e. The van der Waals surface area contributed by atoms with Crippen LogP contribution in [0.15, 0.2) is 22.8 Å². The molecule has 1 saturated carbocycles. The summed E-state index contributed by atoms with van der Waals surface area (Å²) in [4.78, 5) is 12.8. The molecule has 1 aliphatic carbocycles. The van der Waals surface area contributed by atoms with Gasteiger partial charge in [0, 0.05) is 17.9 Å². The van der Waals surface area contributed by atoms with Gasteiger partial charge >= 0.3 is 0 Å². The fourth-order valence-corrected chi connectivity index (χ4v) is 3.96. The number of rotatable bonds is 3. The molecule has 0 radical (unpaired) electrons. The lowest BCUT2D eigenvalue weighted by Crippen LogP contribution is -2.82. The van der Waals surface area contributed by atoms with E-state index in [2.05, 4.69) is 5.32 Å². The number of nitrogens with two attached hydrogens (primary N) is 1. The minimum atomic E-state index is -0.876. The molecule has 0 spiro atoms. The SMILES string of the molecule is C[C@H](NC(=O)C1(N)C2CCCOC2C1(C)C)c1ccco1. The Morgan fingerprint density at radius 3 is 2.95 bits per heavy atom. The molecule has 1 saturated heterocycles. The molecule has 5 nitrogen and oxygen atoms in total. The van der Waals surface area contributed by atoms with Crippen molar-refractivity contribution in [3.63, 3.8) is 0 Å². The third-order valence-corrected chi connectivity index (χ3v) is 5.38. The number of fused-ring (bicyclic) bond motifs is 1. The molecule has 5 heteroatoms. The van der Waals surface area contributed by atoms with Crippen LogP contribution in [0.5, 0.6) is 0 Å². The Morgan fingerprint density at radius 2 is 2.29 bits per heavy atom. The Morgan fingerprint density at radius 1 is 1.52 bits per heavy atom. The van der Waals surface area contributed by atoms with Crippen molar-refractivity contribution in [1.29, 1.82) is 0 Å². The number of furan rings is 1. The highest BCUT2D eigenvalue weighted by Gasteiger charge is 2.70. The van der Waals surface area contributed by atoms with Crippen molar-refractivity contribution in [3.05, 3.63) is 24.2 Å². The molecule has 1 amide bonds. The highest BCUT2D eigenvalue weighted by molar-refractivity contribution is 5.89. The fourth-order valence-electron chi connectivity index (χ4n) is 3.96. The number of hydrogen-bond acceptors (Lipinski definition) is 4. The third-order valence-electron chi connectivity index (χ3n) is 5.38. The van der Waals surface area contributed by atoms with Gasteiger partial charge in [0.05, 0.1) is 18.4 Å². The zero-order chi connectivity index (χ0) is 15.3. The summed E-state index contributed by atoms with van der Waals surface area (Å²) < 4.78 is 11.2. The summed E-state index contributed by atoms with van der Waals surface area (Å²) in [5, 5.41) is 3.00. The molecule has 4 atom stereocenters. The average molecular weight is 292 g/mol. The van der Waals surface area contributed by atoms with E-state index in [1.807, 2.05) is 32.9 Å². The minimum absolute atomic E-state index is 0.0842. The molecule has 2 fully saturated rings. The average Bonchev–Trinajstić information content (AvgIpc) is 3.00. The Labute approximate surface area is 125 Å². The summed E-state index contributed by atoms with van der Waals surface area (Å²) in [6.45, 7) is 6.72. The fraction of sp³-hybridized carbons (Fsp3) is 0.688. The van der Waals surface area contributed by atoms with E-state index < -0.39 is 5.54 Å². The van der Waals surface area contributed by atoms with Gasteiger partial charge in [-0.25, -0.2) is 0 Å². The van der Waals surface area contributed by atoms with Crippen LogP contribution in [-0.2, 0) is 9.53 Å². The Hall–Kier alpha value is -1.33. The van der Waals surface area contributed by atoms with Crippen molar-refractivity contribution in [1.82, 2.24) is 5.32 Å². The van der Waals surface area contributed by atoms with Gasteiger partial charge in [0.2, 0.25) is 5.91 Å². The van der Waals surface area contributed by atoms with Gasteiger partial charge in [-0.05, 0) is 31.9 Å². The van der Waals surface area contributed by atoms with Gasteiger partial charge < -0.3 is 20.2 Å². The Bertz CT molecular complexity index is 526. The normalized spacial score (nSPS) is 35.4. The Balaban J connectivity index is 1.77. The predicted molar refractivity (Wildman–Crippen MR) is 78.4 cm³/mol. The van der Waals surface area contributed by atoms with Crippen LogP contribution in [0.1, 0.15) is 45.4 Å². The first-order valence-corrected chi connectivity index (χ1v) is 7.64. The molecule has 2 aliphatic rings. The lowest BCUT2D eigenvalue weighted by atomic mass is 9.46. The van der Waals surface area contributed by atoms with Crippen LogP contribution < -0.4 is 11.1 Å². The minimum Gasteiger partial charge on any atom is -0.467 e. The van der Waals surface area contributed by atoms with Crippen molar-refractivity contribution in [2.75, 3.05) is 6.61 Å². The summed E-state index contributed by atoms with van der Waals surface area (Å²) >= 11 is 0. The van der Waals surface area contributed by atoms with Crippen molar-refractivity contribution in [2.24, 2.45) is 17.1 Å². The summed E-state index contributed by atoms with van der Waals surface area (Å²) in [6.07, 6.45) is 3.61. The summed E-state index contributed by atoms with van der Waals surface area (Å²) in [5.41, 5.74) is 5.33. The molecule has 1 aliphatic heterocycles. The molecule has 0 aromatic carbocycles. The van der Waals surface area contributed by atoms with Gasteiger partial charge in [-0.3, -0.25) is 4.79 Å². The molecular formula is C16H24N2O3.